The Bertz CT molecular complexity index is 352. The van der Waals surface area contributed by atoms with Gasteiger partial charge in [-0.3, -0.25) is 0 Å². The van der Waals surface area contributed by atoms with Gasteiger partial charge >= 0.3 is 0 Å². The first-order valence-electron chi connectivity index (χ1n) is 6.23. The van der Waals surface area contributed by atoms with E-state index in [9.17, 15) is 0 Å². The summed E-state index contributed by atoms with van der Waals surface area (Å²) in [4.78, 5) is 0. The van der Waals surface area contributed by atoms with E-state index in [4.69, 9.17) is 0 Å². The third-order valence-electron chi connectivity index (χ3n) is 3.46. The van der Waals surface area contributed by atoms with Gasteiger partial charge in [0, 0.05) is 3.57 Å². The normalized spacial score (nSPS) is 20.9. The van der Waals surface area contributed by atoms with Gasteiger partial charge in [0.25, 0.3) is 0 Å². The molecule has 0 heterocycles. The van der Waals surface area contributed by atoms with E-state index in [1.54, 1.807) is 5.57 Å². The topological polar surface area (TPSA) is 0 Å². The highest BCUT2D eigenvalue weighted by Crippen LogP contribution is 2.35. The first-order valence-corrected chi connectivity index (χ1v) is 7.31. The van der Waals surface area contributed by atoms with Crippen LogP contribution >= 0.6 is 22.6 Å². The molecule has 0 N–H and O–H groups in total. The highest BCUT2D eigenvalue weighted by atomic mass is 127. The fraction of sp³-hybridized carbons (Fsp3) is 0.467. The molecule has 0 aromatic heterocycles. The minimum Gasteiger partial charge on any atom is -0.0856 e. The third kappa shape index (κ3) is 3.09. The summed E-state index contributed by atoms with van der Waals surface area (Å²) in [5, 5.41) is 0. The van der Waals surface area contributed by atoms with E-state index in [0.29, 0.717) is 0 Å². The van der Waals surface area contributed by atoms with Crippen LogP contribution < -0.4 is 0 Å². The van der Waals surface area contributed by atoms with Crippen molar-refractivity contribution in [2.45, 2.75) is 44.9 Å². The molecule has 0 radical (unpaired) electrons. The number of hydrogen-bond acceptors (Lipinski definition) is 0. The zero-order valence-corrected chi connectivity index (χ0v) is 12.0. The Balaban J connectivity index is 1.99. The maximum Gasteiger partial charge on any atom is 0.0130 e. The Hall–Kier alpha value is -0.310. The molecule has 0 aliphatic heterocycles. The van der Waals surface area contributed by atoms with Crippen LogP contribution in [-0.4, -0.2) is 0 Å². The molecule has 2 rings (SSSR count). The van der Waals surface area contributed by atoms with Gasteiger partial charge in [-0.15, -0.1) is 0 Å². The van der Waals surface area contributed by atoms with Crippen LogP contribution in [0.3, 0.4) is 0 Å². The third-order valence-corrected chi connectivity index (χ3v) is 4.18. The van der Waals surface area contributed by atoms with E-state index in [-0.39, 0.29) is 0 Å². The van der Waals surface area contributed by atoms with Crippen molar-refractivity contribution in [3.63, 3.8) is 0 Å². The quantitative estimate of drug-likeness (QED) is 0.512. The summed E-state index contributed by atoms with van der Waals surface area (Å²) in [6, 6.07) is 9.07. The lowest BCUT2D eigenvalue weighted by Gasteiger charge is -2.24. The maximum absolute atomic E-state index is 2.42. The molecule has 0 unspecified atom stereocenters. The average Bonchev–Trinajstić information content (AvgIpc) is 2.32. The Morgan fingerprint density at radius 1 is 1.19 bits per heavy atom. The largest absolute Gasteiger partial charge is 0.0856 e. The summed E-state index contributed by atoms with van der Waals surface area (Å²) in [6.07, 6.45) is 8.92. The molecule has 0 atom stereocenters. The zero-order chi connectivity index (χ0) is 11.4. The lowest BCUT2D eigenvalue weighted by molar-refractivity contribution is 0.515. The summed E-state index contributed by atoms with van der Waals surface area (Å²) in [5.41, 5.74) is 3.22. The van der Waals surface area contributed by atoms with E-state index >= 15 is 0 Å². The van der Waals surface area contributed by atoms with Gasteiger partial charge in [-0.1, -0.05) is 30.7 Å². The monoisotopic (exact) mass is 326 g/mol. The fourth-order valence-electron chi connectivity index (χ4n) is 2.55. The second kappa shape index (κ2) is 5.85. The van der Waals surface area contributed by atoms with Crippen LogP contribution in [0.1, 0.15) is 50.5 Å². The van der Waals surface area contributed by atoms with Crippen molar-refractivity contribution in [1.29, 1.82) is 0 Å². The van der Waals surface area contributed by atoms with Crippen molar-refractivity contribution < 1.29 is 0 Å². The molecule has 0 bridgehead atoms. The predicted octanol–water partition coefficient (Wildman–Crippen LogP) is 5.29. The molecule has 1 aliphatic carbocycles. The Morgan fingerprint density at radius 3 is 2.38 bits per heavy atom. The minimum atomic E-state index is 0.797. The number of benzene rings is 1. The van der Waals surface area contributed by atoms with Crippen LogP contribution in [0.15, 0.2) is 35.9 Å². The van der Waals surface area contributed by atoms with Crippen LogP contribution in [0.4, 0.5) is 0 Å². The van der Waals surface area contributed by atoms with Crippen LogP contribution in [-0.2, 0) is 0 Å². The molecule has 1 saturated carbocycles. The molecule has 86 valence electrons. The summed E-state index contributed by atoms with van der Waals surface area (Å²) in [5.74, 6) is 0.797. The van der Waals surface area contributed by atoms with Crippen LogP contribution in [0.5, 0.6) is 0 Å². The van der Waals surface area contributed by atoms with Crippen molar-refractivity contribution in [2.24, 2.45) is 0 Å². The van der Waals surface area contributed by atoms with E-state index < -0.39 is 0 Å². The first-order chi connectivity index (χ1) is 7.79. The number of rotatable bonds is 2. The van der Waals surface area contributed by atoms with E-state index in [2.05, 4.69) is 59.9 Å². The fourth-order valence-corrected chi connectivity index (χ4v) is 2.91. The molecule has 0 saturated heterocycles. The van der Waals surface area contributed by atoms with Crippen molar-refractivity contribution >= 4 is 22.6 Å². The molecule has 0 amide bonds. The second-order valence-corrected chi connectivity index (χ2v) is 5.84. The van der Waals surface area contributed by atoms with Gasteiger partial charge in [0.15, 0.2) is 0 Å². The SMILES string of the molecule is CCC=C1CCC(c2ccc(I)cc2)CC1. The average molecular weight is 326 g/mol. The Labute approximate surface area is 112 Å². The van der Waals surface area contributed by atoms with Crippen LogP contribution in [0.25, 0.3) is 0 Å². The van der Waals surface area contributed by atoms with E-state index in [1.807, 2.05) is 0 Å². The summed E-state index contributed by atoms with van der Waals surface area (Å²) < 4.78 is 1.34. The summed E-state index contributed by atoms with van der Waals surface area (Å²) in [7, 11) is 0. The molecule has 1 aromatic rings. The van der Waals surface area contributed by atoms with Gasteiger partial charge in [0.1, 0.15) is 0 Å². The van der Waals surface area contributed by atoms with Gasteiger partial charge in [0.05, 0.1) is 0 Å². The van der Waals surface area contributed by atoms with Crippen molar-refractivity contribution in [2.75, 3.05) is 0 Å². The number of halogens is 1. The van der Waals surface area contributed by atoms with Crippen molar-refractivity contribution in [1.82, 2.24) is 0 Å². The Kier molecular flexibility index (Phi) is 4.45. The van der Waals surface area contributed by atoms with Gasteiger partial charge in [0.2, 0.25) is 0 Å². The zero-order valence-electron chi connectivity index (χ0n) is 9.88. The maximum atomic E-state index is 2.42. The van der Waals surface area contributed by atoms with Gasteiger partial charge in [-0.2, -0.15) is 0 Å². The molecule has 0 spiro atoms. The van der Waals surface area contributed by atoms with E-state index in [1.165, 1.54) is 41.2 Å². The lowest BCUT2D eigenvalue weighted by atomic mass is 9.81. The molecule has 0 nitrogen and oxygen atoms in total. The van der Waals surface area contributed by atoms with Crippen LogP contribution in [0.2, 0.25) is 0 Å². The minimum absolute atomic E-state index is 0.797. The first kappa shape index (κ1) is 12.2. The Morgan fingerprint density at radius 2 is 1.81 bits per heavy atom. The number of allylic oxidation sites excluding steroid dienone is 2. The molecule has 1 heteroatoms. The highest BCUT2D eigenvalue weighted by molar-refractivity contribution is 14.1. The van der Waals surface area contributed by atoms with Gasteiger partial charge in [-0.25, -0.2) is 0 Å². The summed E-state index contributed by atoms with van der Waals surface area (Å²) in [6.45, 7) is 2.23. The highest BCUT2D eigenvalue weighted by Gasteiger charge is 2.17. The molecule has 1 fully saturated rings. The van der Waals surface area contributed by atoms with Gasteiger partial charge < -0.3 is 0 Å². The summed E-state index contributed by atoms with van der Waals surface area (Å²) >= 11 is 2.37. The number of hydrogen-bond donors (Lipinski definition) is 0. The molecular weight excluding hydrogens is 307 g/mol. The molecular formula is C15H19I. The van der Waals surface area contributed by atoms with E-state index in [0.717, 1.165) is 5.92 Å². The standard InChI is InChI=1S/C15H19I/c1-2-3-12-4-6-13(7-5-12)14-8-10-15(16)11-9-14/h3,8-11,13H,2,4-7H2,1H3. The van der Waals surface area contributed by atoms with Crippen LogP contribution in [0, 0.1) is 3.57 Å². The second-order valence-electron chi connectivity index (χ2n) is 4.60. The smallest absolute Gasteiger partial charge is 0.0130 e. The van der Waals surface area contributed by atoms with Crippen molar-refractivity contribution in [3.8, 4) is 0 Å². The predicted molar refractivity (Wildman–Crippen MR) is 78.7 cm³/mol. The molecule has 1 aromatic carbocycles. The molecule has 1 aliphatic rings. The van der Waals surface area contributed by atoms with Crippen molar-refractivity contribution in [3.05, 3.63) is 45.0 Å². The van der Waals surface area contributed by atoms with Gasteiger partial charge in [-0.05, 0) is 78.3 Å². The lowest BCUT2D eigenvalue weighted by Crippen LogP contribution is -2.06. The molecule has 16 heavy (non-hydrogen) atoms.